The van der Waals surface area contributed by atoms with Gasteiger partial charge >= 0.3 is 0 Å². The molecule has 2 aromatic carbocycles. The van der Waals surface area contributed by atoms with Crippen LogP contribution in [-0.2, 0) is 0 Å². The van der Waals surface area contributed by atoms with Crippen molar-refractivity contribution in [2.45, 2.75) is 32.7 Å². The maximum atomic E-state index is 12.4. The van der Waals surface area contributed by atoms with Crippen LogP contribution in [0.5, 0.6) is 0 Å². The molecule has 1 heterocycles. The molecule has 5 nitrogen and oxygen atoms in total. The van der Waals surface area contributed by atoms with E-state index in [9.17, 15) is 4.79 Å². The van der Waals surface area contributed by atoms with Gasteiger partial charge in [-0.3, -0.25) is 4.79 Å². The highest BCUT2D eigenvalue weighted by Gasteiger charge is 2.10. The van der Waals surface area contributed by atoms with Crippen LogP contribution in [0, 0.1) is 0 Å². The first-order valence-corrected chi connectivity index (χ1v) is 9.08. The highest BCUT2D eigenvalue weighted by Crippen LogP contribution is 2.18. The third-order valence-electron chi connectivity index (χ3n) is 4.39. The minimum Gasteiger partial charge on any atom is -0.348 e. The van der Waals surface area contributed by atoms with E-state index in [4.69, 9.17) is 0 Å². The van der Waals surface area contributed by atoms with Crippen LogP contribution >= 0.6 is 0 Å². The van der Waals surface area contributed by atoms with Crippen molar-refractivity contribution in [1.29, 1.82) is 0 Å². The molecule has 0 spiro atoms. The quantitative estimate of drug-likeness (QED) is 0.647. The van der Waals surface area contributed by atoms with Crippen LogP contribution in [0.1, 0.15) is 54.2 Å². The van der Waals surface area contributed by atoms with Gasteiger partial charge in [0.25, 0.3) is 5.91 Å². The van der Waals surface area contributed by atoms with Gasteiger partial charge in [0, 0.05) is 18.1 Å². The maximum absolute atomic E-state index is 12.4. The summed E-state index contributed by atoms with van der Waals surface area (Å²) in [5.41, 5.74) is 3.55. The van der Waals surface area contributed by atoms with Crippen LogP contribution in [-0.4, -0.2) is 15.9 Å². The van der Waals surface area contributed by atoms with E-state index in [0.717, 1.165) is 11.3 Å². The SMILES string of the molecule is CC(C)c1ccc(NC(=O)c2cnc(NC(C)c3ccccc3)nc2)cc1. The zero-order chi connectivity index (χ0) is 19.2. The number of nitrogens with zero attached hydrogens (tertiary/aromatic N) is 2. The smallest absolute Gasteiger partial charge is 0.258 e. The molecule has 0 aliphatic carbocycles. The van der Waals surface area contributed by atoms with E-state index >= 15 is 0 Å². The third-order valence-corrected chi connectivity index (χ3v) is 4.39. The highest BCUT2D eigenvalue weighted by molar-refractivity contribution is 6.03. The van der Waals surface area contributed by atoms with Gasteiger partial charge in [0.05, 0.1) is 11.6 Å². The number of amides is 1. The fraction of sp³-hybridized carbons (Fsp3) is 0.227. The summed E-state index contributed by atoms with van der Waals surface area (Å²) >= 11 is 0. The Balaban J connectivity index is 1.61. The Kier molecular flexibility index (Phi) is 5.81. The Hall–Kier alpha value is -3.21. The molecule has 3 aromatic rings. The van der Waals surface area contributed by atoms with Crippen LogP contribution in [0.25, 0.3) is 0 Å². The molecule has 0 aliphatic heterocycles. The topological polar surface area (TPSA) is 66.9 Å². The van der Waals surface area contributed by atoms with Gasteiger partial charge < -0.3 is 10.6 Å². The summed E-state index contributed by atoms with van der Waals surface area (Å²) in [6, 6.07) is 18.0. The average Bonchev–Trinajstić information content (AvgIpc) is 2.69. The molecule has 0 saturated heterocycles. The molecule has 0 bridgehead atoms. The third kappa shape index (κ3) is 4.91. The normalized spacial score (nSPS) is 11.9. The van der Waals surface area contributed by atoms with Crippen LogP contribution in [0.15, 0.2) is 67.0 Å². The monoisotopic (exact) mass is 360 g/mol. The number of hydrogen-bond donors (Lipinski definition) is 2. The number of anilines is 2. The van der Waals surface area contributed by atoms with Gasteiger partial charge in [0.2, 0.25) is 5.95 Å². The Morgan fingerprint density at radius 1 is 0.852 bits per heavy atom. The minimum absolute atomic E-state index is 0.0744. The minimum atomic E-state index is -0.227. The van der Waals surface area contributed by atoms with E-state index in [0.29, 0.717) is 17.4 Å². The van der Waals surface area contributed by atoms with Crippen molar-refractivity contribution in [2.24, 2.45) is 0 Å². The summed E-state index contributed by atoms with van der Waals surface area (Å²) in [6.07, 6.45) is 3.07. The summed E-state index contributed by atoms with van der Waals surface area (Å²) in [4.78, 5) is 20.9. The zero-order valence-electron chi connectivity index (χ0n) is 15.8. The molecule has 0 fully saturated rings. The second-order valence-corrected chi connectivity index (χ2v) is 6.80. The molecule has 0 radical (unpaired) electrons. The first-order valence-electron chi connectivity index (χ1n) is 9.08. The number of benzene rings is 2. The molecular formula is C22H24N4O. The number of carbonyl (C=O) groups excluding carboxylic acids is 1. The Morgan fingerprint density at radius 3 is 2.07 bits per heavy atom. The molecule has 3 rings (SSSR count). The number of hydrogen-bond acceptors (Lipinski definition) is 4. The van der Waals surface area contributed by atoms with Gasteiger partial charge in [-0.05, 0) is 36.1 Å². The summed E-state index contributed by atoms with van der Waals surface area (Å²) < 4.78 is 0. The maximum Gasteiger partial charge on any atom is 0.258 e. The van der Waals surface area contributed by atoms with Crippen molar-refractivity contribution >= 4 is 17.5 Å². The molecule has 1 aromatic heterocycles. The molecular weight excluding hydrogens is 336 g/mol. The van der Waals surface area contributed by atoms with E-state index < -0.39 is 0 Å². The molecule has 1 atom stereocenters. The highest BCUT2D eigenvalue weighted by atomic mass is 16.1. The zero-order valence-corrected chi connectivity index (χ0v) is 15.8. The van der Waals surface area contributed by atoms with Gasteiger partial charge in [-0.25, -0.2) is 9.97 Å². The summed E-state index contributed by atoms with van der Waals surface area (Å²) in [7, 11) is 0. The van der Waals surface area contributed by atoms with E-state index in [1.54, 1.807) is 0 Å². The van der Waals surface area contributed by atoms with Gasteiger partial charge in [-0.15, -0.1) is 0 Å². The average molecular weight is 360 g/mol. The van der Waals surface area contributed by atoms with Gasteiger partial charge in [0.15, 0.2) is 0 Å². The van der Waals surface area contributed by atoms with Gasteiger partial charge in [0.1, 0.15) is 0 Å². The molecule has 1 amide bonds. The number of nitrogens with one attached hydrogen (secondary N) is 2. The molecule has 2 N–H and O–H groups in total. The summed E-state index contributed by atoms with van der Waals surface area (Å²) in [6.45, 7) is 6.32. The van der Waals surface area contributed by atoms with Crippen LogP contribution in [0.3, 0.4) is 0 Å². The lowest BCUT2D eigenvalue weighted by atomic mass is 10.0. The van der Waals surface area contributed by atoms with Crippen LogP contribution in [0.2, 0.25) is 0 Å². The molecule has 138 valence electrons. The lowest BCUT2D eigenvalue weighted by Gasteiger charge is -2.14. The molecule has 5 heteroatoms. The van der Waals surface area contributed by atoms with E-state index in [1.165, 1.54) is 18.0 Å². The lowest BCUT2D eigenvalue weighted by molar-refractivity contribution is 0.102. The van der Waals surface area contributed by atoms with Crippen molar-refractivity contribution in [1.82, 2.24) is 9.97 Å². The number of rotatable bonds is 6. The molecule has 0 aliphatic rings. The predicted octanol–water partition coefficient (Wildman–Crippen LogP) is 5.03. The van der Waals surface area contributed by atoms with E-state index in [2.05, 4.69) is 34.4 Å². The fourth-order valence-corrected chi connectivity index (χ4v) is 2.69. The predicted molar refractivity (Wildman–Crippen MR) is 109 cm³/mol. The second kappa shape index (κ2) is 8.45. The van der Waals surface area contributed by atoms with E-state index in [-0.39, 0.29) is 11.9 Å². The first-order chi connectivity index (χ1) is 13.0. The van der Waals surface area contributed by atoms with Crippen LogP contribution < -0.4 is 10.6 Å². The largest absolute Gasteiger partial charge is 0.348 e. The molecule has 0 saturated carbocycles. The molecule has 27 heavy (non-hydrogen) atoms. The number of carbonyl (C=O) groups is 1. The van der Waals surface area contributed by atoms with Crippen LogP contribution in [0.4, 0.5) is 11.6 Å². The second-order valence-electron chi connectivity index (χ2n) is 6.80. The van der Waals surface area contributed by atoms with Crippen molar-refractivity contribution in [3.8, 4) is 0 Å². The fourth-order valence-electron chi connectivity index (χ4n) is 2.69. The van der Waals surface area contributed by atoms with Crippen molar-refractivity contribution < 1.29 is 4.79 Å². The van der Waals surface area contributed by atoms with Gasteiger partial charge in [-0.2, -0.15) is 0 Å². The standard InChI is InChI=1S/C22H24N4O/c1-15(2)17-9-11-20(12-10-17)26-21(27)19-13-23-22(24-14-19)25-16(3)18-7-5-4-6-8-18/h4-16H,1-3H3,(H,26,27)(H,23,24,25). The lowest BCUT2D eigenvalue weighted by Crippen LogP contribution is -2.14. The van der Waals surface area contributed by atoms with E-state index in [1.807, 2.05) is 61.5 Å². The molecule has 1 unspecified atom stereocenters. The summed E-state index contributed by atoms with van der Waals surface area (Å²) in [5.74, 6) is 0.723. The van der Waals surface area contributed by atoms with Gasteiger partial charge in [-0.1, -0.05) is 56.3 Å². The Bertz CT molecular complexity index is 874. The summed E-state index contributed by atoms with van der Waals surface area (Å²) in [5, 5.41) is 6.11. The van der Waals surface area contributed by atoms with Crippen molar-refractivity contribution in [3.05, 3.63) is 83.7 Å². The first kappa shape index (κ1) is 18.6. The Morgan fingerprint density at radius 2 is 1.48 bits per heavy atom. The van der Waals surface area contributed by atoms with Crippen molar-refractivity contribution in [2.75, 3.05) is 10.6 Å². The van der Waals surface area contributed by atoms with Crippen molar-refractivity contribution in [3.63, 3.8) is 0 Å². The number of aromatic nitrogens is 2. The Labute approximate surface area is 159 Å².